The number of aliphatic imine (C=N–C) groups is 1. The van der Waals surface area contributed by atoms with Gasteiger partial charge in [-0.15, -0.1) is 0 Å². The van der Waals surface area contributed by atoms with Crippen LogP contribution in [0.25, 0.3) is 0 Å². The highest BCUT2D eigenvalue weighted by Crippen LogP contribution is 2.48. The predicted molar refractivity (Wildman–Crippen MR) is 40.3 cm³/mol. The number of hydrogen-bond acceptors (Lipinski definition) is 4. The van der Waals surface area contributed by atoms with Crippen LogP contribution < -0.4 is 0 Å². The first-order chi connectivity index (χ1) is 5.77. The van der Waals surface area contributed by atoms with Gasteiger partial charge in [0.15, 0.2) is 0 Å². The second-order valence-electron chi connectivity index (χ2n) is 3.06. The molecule has 0 spiro atoms. The molecule has 62 valence electrons. The van der Waals surface area contributed by atoms with Gasteiger partial charge in [0.2, 0.25) is 6.08 Å². The molecule has 0 bridgehead atoms. The van der Waals surface area contributed by atoms with Crippen molar-refractivity contribution in [2.45, 2.75) is 25.3 Å². The lowest BCUT2D eigenvalue weighted by atomic mass is 10.2. The molecule has 0 N–H and O–H groups in total. The van der Waals surface area contributed by atoms with Gasteiger partial charge >= 0.3 is 0 Å². The van der Waals surface area contributed by atoms with E-state index in [2.05, 4.69) is 10.1 Å². The molecule has 1 heterocycles. The molecule has 1 aromatic heterocycles. The Morgan fingerprint density at radius 3 is 2.92 bits per heavy atom. The third kappa shape index (κ3) is 0.970. The number of rotatable bonds is 2. The summed E-state index contributed by atoms with van der Waals surface area (Å²) in [5.41, 5.74) is 0.364. The van der Waals surface area contributed by atoms with Gasteiger partial charge in [0.05, 0.1) is 0 Å². The van der Waals surface area contributed by atoms with Crippen molar-refractivity contribution in [1.82, 2.24) is 5.16 Å². The largest absolute Gasteiger partial charge is 0.361 e. The average molecular weight is 164 g/mol. The van der Waals surface area contributed by atoms with E-state index >= 15 is 0 Å². The lowest BCUT2D eigenvalue weighted by molar-refractivity contribution is 0.384. The lowest BCUT2D eigenvalue weighted by Gasteiger charge is -1.98. The quantitative estimate of drug-likeness (QED) is 0.489. The minimum Gasteiger partial charge on any atom is -0.361 e. The van der Waals surface area contributed by atoms with E-state index in [9.17, 15) is 4.79 Å². The molecule has 0 unspecified atom stereocenters. The summed E-state index contributed by atoms with van der Waals surface area (Å²) in [6.45, 7) is 1.82. The van der Waals surface area contributed by atoms with E-state index < -0.39 is 0 Å². The minimum absolute atomic E-state index is 0.389. The molecule has 0 aliphatic heterocycles. The van der Waals surface area contributed by atoms with Gasteiger partial charge in [-0.05, 0) is 19.8 Å². The molecule has 1 saturated carbocycles. The third-order valence-corrected chi connectivity index (χ3v) is 2.09. The maximum Gasteiger partial charge on any atom is 0.235 e. The fourth-order valence-electron chi connectivity index (χ4n) is 1.22. The van der Waals surface area contributed by atoms with Crippen LogP contribution in [0.5, 0.6) is 0 Å². The fraction of sp³-hybridized carbons (Fsp3) is 0.500. The van der Waals surface area contributed by atoms with E-state index in [4.69, 9.17) is 4.52 Å². The van der Waals surface area contributed by atoms with Gasteiger partial charge < -0.3 is 4.52 Å². The second-order valence-corrected chi connectivity index (χ2v) is 3.06. The number of aromatic nitrogens is 1. The maximum atomic E-state index is 10.1. The zero-order chi connectivity index (χ0) is 8.60. The van der Waals surface area contributed by atoms with Crippen molar-refractivity contribution in [1.29, 1.82) is 0 Å². The van der Waals surface area contributed by atoms with Crippen LogP contribution in [0, 0.1) is 6.92 Å². The van der Waals surface area contributed by atoms with Crippen LogP contribution in [0.3, 0.4) is 0 Å². The van der Waals surface area contributed by atoms with Crippen molar-refractivity contribution < 1.29 is 9.32 Å². The monoisotopic (exact) mass is 164 g/mol. The van der Waals surface area contributed by atoms with E-state index in [1.54, 1.807) is 6.08 Å². The number of hydrogen-bond donors (Lipinski definition) is 0. The Kier molecular flexibility index (Phi) is 1.38. The van der Waals surface area contributed by atoms with Gasteiger partial charge in [-0.1, -0.05) is 5.16 Å². The van der Waals surface area contributed by atoms with Crippen LogP contribution in [0.2, 0.25) is 0 Å². The number of isocyanates is 1. The van der Waals surface area contributed by atoms with Gasteiger partial charge in [-0.2, -0.15) is 4.99 Å². The molecule has 2 rings (SSSR count). The molecule has 12 heavy (non-hydrogen) atoms. The van der Waals surface area contributed by atoms with Gasteiger partial charge in [0.1, 0.15) is 17.0 Å². The maximum absolute atomic E-state index is 10.1. The molecule has 1 aromatic rings. The summed E-state index contributed by atoms with van der Waals surface area (Å²) < 4.78 is 4.90. The molecule has 1 aliphatic carbocycles. The molecule has 0 saturated heterocycles. The zero-order valence-electron chi connectivity index (χ0n) is 6.70. The van der Waals surface area contributed by atoms with Crippen LogP contribution in [-0.2, 0) is 10.3 Å². The Morgan fingerprint density at radius 1 is 1.75 bits per heavy atom. The van der Waals surface area contributed by atoms with Gasteiger partial charge in [0, 0.05) is 6.07 Å². The highest BCUT2D eigenvalue weighted by atomic mass is 16.5. The molecule has 1 aliphatic rings. The second kappa shape index (κ2) is 2.29. The van der Waals surface area contributed by atoms with Crippen molar-refractivity contribution in [3.8, 4) is 0 Å². The van der Waals surface area contributed by atoms with Crippen LogP contribution in [0.4, 0.5) is 0 Å². The van der Waals surface area contributed by atoms with Gasteiger partial charge in [-0.3, -0.25) is 0 Å². The van der Waals surface area contributed by atoms with E-state index in [1.165, 1.54) is 0 Å². The summed E-state index contributed by atoms with van der Waals surface area (Å²) in [6.07, 6.45) is 3.31. The molecule has 0 radical (unpaired) electrons. The topological polar surface area (TPSA) is 55.5 Å². The standard InChI is InChI=1S/C8H8N2O2/c1-6-4-7(10-12-6)8(2-3-8)9-5-11/h4H,2-3H2,1H3. The molecule has 0 amide bonds. The summed E-state index contributed by atoms with van der Waals surface area (Å²) in [7, 11) is 0. The van der Waals surface area contributed by atoms with Crippen LogP contribution in [0.1, 0.15) is 24.3 Å². The van der Waals surface area contributed by atoms with Crippen molar-refractivity contribution >= 4 is 6.08 Å². The summed E-state index contributed by atoms with van der Waals surface area (Å²) >= 11 is 0. The summed E-state index contributed by atoms with van der Waals surface area (Å²) in [6, 6.07) is 1.81. The fourth-order valence-corrected chi connectivity index (χ4v) is 1.22. The molecule has 4 heteroatoms. The first-order valence-corrected chi connectivity index (χ1v) is 3.80. The zero-order valence-corrected chi connectivity index (χ0v) is 6.70. The molecular weight excluding hydrogens is 156 g/mol. The SMILES string of the molecule is Cc1cc(C2(N=C=O)CC2)no1. The Bertz CT molecular complexity index is 346. The first-order valence-electron chi connectivity index (χ1n) is 3.80. The van der Waals surface area contributed by atoms with E-state index in [1.807, 2.05) is 13.0 Å². The van der Waals surface area contributed by atoms with Crippen molar-refractivity contribution in [3.63, 3.8) is 0 Å². The summed E-state index contributed by atoms with van der Waals surface area (Å²) in [4.78, 5) is 13.8. The smallest absolute Gasteiger partial charge is 0.235 e. The van der Waals surface area contributed by atoms with E-state index in [-0.39, 0.29) is 5.54 Å². The van der Waals surface area contributed by atoms with Crippen LogP contribution in [0.15, 0.2) is 15.6 Å². The van der Waals surface area contributed by atoms with Gasteiger partial charge in [0.25, 0.3) is 0 Å². The highest BCUT2D eigenvalue weighted by Gasteiger charge is 2.47. The summed E-state index contributed by atoms with van der Waals surface area (Å²) in [5, 5.41) is 3.82. The molecular formula is C8H8N2O2. The third-order valence-electron chi connectivity index (χ3n) is 2.09. The van der Waals surface area contributed by atoms with Crippen molar-refractivity contribution in [3.05, 3.63) is 17.5 Å². The Morgan fingerprint density at radius 2 is 2.50 bits per heavy atom. The van der Waals surface area contributed by atoms with Gasteiger partial charge in [-0.25, -0.2) is 4.79 Å². The Hall–Kier alpha value is -1.41. The lowest BCUT2D eigenvalue weighted by Crippen LogP contribution is -2.01. The average Bonchev–Trinajstić information content (AvgIpc) is 2.69. The highest BCUT2D eigenvalue weighted by molar-refractivity contribution is 5.39. The van der Waals surface area contributed by atoms with Crippen LogP contribution in [-0.4, -0.2) is 11.2 Å². The van der Waals surface area contributed by atoms with E-state index in [0.717, 1.165) is 24.3 Å². The normalized spacial score (nSPS) is 18.4. The molecule has 0 atom stereocenters. The summed E-state index contributed by atoms with van der Waals surface area (Å²) in [5.74, 6) is 0.748. The Balaban J connectivity index is 2.36. The number of carbonyl (C=O) groups excluding carboxylic acids is 1. The minimum atomic E-state index is -0.389. The van der Waals surface area contributed by atoms with Crippen molar-refractivity contribution in [2.24, 2.45) is 4.99 Å². The molecule has 4 nitrogen and oxygen atoms in total. The number of aryl methyl sites for hydroxylation is 1. The van der Waals surface area contributed by atoms with Crippen LogP contribution >= 0.6 is 0 Å². The predicted octanol–water partition coefficient (Wildman–Crippen LogP) is 1.31. The Labute approximate surface area is 69.3 Å². The van der Waals surface area contributed by atoms with Crippen molar-refractivity contribution in [2.75, 3.05) is 0 Å². The molecule has 1 fully saturated rings. The first kappa shape index (κ1) is 7.25. The number of nitrogens with zero attached hydrogens (tertiary/aromatic N) is 2. The van der Waals surface area contributed by atoms with E-state index in [0.29, 0.717) is 0 Å². The molecule has 0 aromatic carbocycles.